The number of nitrogens with one attached hydrogen (secondary N) is 1. The highest BCUT2D eigenvalue weighted by molar-refractivity contribution is 6.01. The summed E-state index contributed by atoms with van der Waals surface area (Å²) in [5.74, 6) is 0.597. The van der Waals surface area contributed by atoms with Gasteiger partial charge in [-0.2, -0.15) is 9.48 Å². The molecule has 1 aromatic heterocycles. The summed E-state index contributed by atoms with van der Waals surface area (Å²) in [6.45, 7) is 0.524. The molecule has 1 atom stereocenters. The topological polar surface area (TPSA) is 84.1 Å². The number of hydrogen-bond acceptors (Lipinski definition) is 4. The van der Waals surface area contributed by atoms with Crippen molar-refractivity contribution in [2.24, 2.45) is 10.7 Å². The van der Waals surface area contributed by atoms with Crippen molar-refractivity contribution < 1.29 is 9.28 Å². The van der Waals surface area contributed by atoms with E-state index >= 15 is 0 Å². The Morgan fingerprint density at radius 3 is 2.92 bits per heavy atom. The molecule has 6 nitrogen and oxygen atoms in total. The second-order valence-corrected chi connectivity index (χ2v) is 6.49. The molecule has 0 fully saturated rings. The molecule has 0 saturated carbocycles. The van der Waals surface area contributed by atoms with Gasteiger partial charge < -0.3 is 10.7 Å². The zero-order valence-electron chi connectivity index (χ0n) is 13.6. The van der Waals surface area contributed by atoms with Gasteiger partial charge in [-0.3, -0.25) is 0 Å². The molecule has 1 aromatic carbocycles. The van der Waals surface area contributed by atoms with E-state index in [4.69, 9.17) is 5.73 Å². The number of carbonyl (C=O) groups excluding carboxylic acids is 1. The molecule has 0 saturated heterocycles. The Kier molecular flexibility index (Phi) is 4.19. The lowest BCUT2D eigenvalue weighted by atomic mass is 9.88. The molecule has 1 aliphatic heterocycles. The molecule has 0 bridgehead atoms. The molecule has 3 N–H and O–H groups in total. The summed E-state index contributed by atoms with van der Waals surface area (Å²) in [5.41, 5.74) is 10.6. The molecular formula is C17H21ClN5O+. The predicted octanol–water partition coefficient (Wildman–Crippen LogP) is 2.46. The Balaban J connectivity index is 0.00000169. The van der Waals surface area contributed by atoms with E-state index in [9.17, 15) is 4.79 Å². The van der Waals surface area contributed by atoms with E-state index in [0.29, 0.717) is 24.0 Å². The highest BCUT2D eigenvalue weighted by Crippen LogP contribution is 2.30. The Morgan fingerprint density at radius 2 is 2.08 bits per heavy atom. The van der Waals surface area contributed by atoms with Crippen molar-refractivity contribution in [2.75, 3.05) is 7.05 Å². The van der Waals surface area contributed by atoms with E-state index in [-0.39, 0.29) is 22.8 Å². The highest BCUT2D eigenvalue weighted by Gasteiger charge is 2.44. The summed E-state index contributed by atoms with van der Waals surface area (Å²) >= 11 is 0. The van der Waals surface area contributed by atoms with E-state index in [2.05, 4.69) is 33.2 Å². The van der Waals surface area contributed by atoms with Gasteiger partial charge in [0.2, 0.25) is 0 Å². The molecule has 24 heavy (non-hydrogen) atoms. The van der Waals surface area contributed by atoms with Crippen LogP contribution in [0.3, 0.4) is 0 Å². The second-order valence-electron chi connectivity index (χ2n) is 6.49. The van der Waals surface area contributed by atoms with Crippen LogP contribution in [0.4, 0.5) is 5.82 Å². The van der Waals surface area contributed by atoms with Gasteiger partial charge in [0.1, 0.15) is 6.54 Å². The Morgan fingerprint density at radius 1 is 1.29 bits per heavy atom. The fourth-order valence-electron chi connectivity index (χ4n) is 3.60. The standard InChI is InChI=1S/C17H19N5O.ClH/c1-22(16(23)14-15(20-10-19-14)21-17(22)18)9-12-7-4-6-11-5-2-3-8-13(11)12;/h4,6-7,10H,2-3,5,8-9H2,1H3,(H2-,18,19,20,21,23);1H/p+1. The number of rotatable bonds is 2. The van der Waals surface area contributed by atoms with Crippen molar-refractivity contribution in [1.29, 1.82) is 0 Å². The van der Waals surface area contributed by atoms with Crippen LogP contribution >= 0.6 is 12.4 Å². The summed E-state index contributed by atoms with van der Waals surface area (Å²) in [7, 11) is 1.83. The van der Waals surface area contributed by atoms with Gasteiger partial charge in [0, 0.05) is 5.56 Å². The number of quaternary nitrogens is 1. The number of fused-ring (bicyclic) bond motifs is 2. The molecule has 0 spiro atoms. The third-order valence-electron chi connectivity index (χ3n) is 4.99. The molecule has 1 unspecified atom stereocenters. The van der Waals surface area contributed by atoms with Crippen molar-refractivity contribution in [3.05, 3.63) is 46.9 Å². The van der Waals surface area contributed by atoms with Crippen molar-refractivity contribution in [2.45, 2.75) is 32.2 Å². The number of aryl methyl sites for hydroxylation is 1. The van der Waals surface area contributed by atoms with Gasteiger partial charge in [0.05, 0.1) is 13.4 Å². The van der Waals surface area contributed by atoms with E-state index in [1.54, 1.807) is 0 Å². The molecule has 7 heteroatoms. The van der Waals surface area contributed by atoms with Crippen LogP contribution in [0.5, 0.6) is 0 Å². The minimum absolute atomic E-state index is 0. The number of aromatic nitrogens is 2. The molecule has 0 radical (unpaired) electrons. The van der Waals surface area contributed by atoms with Crippen molar-refractivity contribution in [3.8, 4) is 0 Å². The molecule has 2 heterocycles. The molecule has 1 aliphatic carbocycles. The summed E-state index contributed by atoms with van der Waals surface area (Å²) in [6, 6.07) is 6.38. The normalized spacial score (nSPS) is 22.2. The van der Waals surface area contributed by atoms with Crippen LogP contribution in [0.2, 0.25) is 0 Å². The fourth-order valence-corrected chi connectivity index (χ4v) is 3.60. The van der Waals surface area contributed by atoms with E-state index < -0.39 is 0 Å². The Bertz CT molecular complexity index is 828. The Hall–Kier alpha value is -2.18. The van der Waals surface area contributed by atoms with Gasteiger partial charge >= 0.3 is 11.9 Å². The number of amides is 1. The number of hydrogen-bond donors (Lipinski definition) is 2. The number of H-pyrrole nitrogens is 1. The van der Waals surface area contributed by atoms with E-state index in [1.165, 1.54) is 35.9 Å². The molecule has 1 amide bonds. The first kappa shape index (κ1) is 16.7. The van der Waals surface area contributed by atoms with Crippen molar-refractivity contribution >= 4 is 30.1 Å². The first-order valence-corrected chi connectivity index (χ1v) is 7.98. The third kappa shape index (κ3) is 2.42. The summed E-state index contributed by atoms with van der Waals surface area (Å²) in [4.78, 5) is 24.2. The Labute approximate surface area is 146 Å². The number of halogens is 1. The number of imidazole rings is 1. The van der Waals surface area contributed by atoms with Crippen LogP contribution in [0.15, 0.2) is 29.5 Å². The third-order valence-corrected chi connectivity index (χ3v) is 4.99. The predicted molar refractivity (Wildman–Crippen MR) is 94.4 cm³/mol. The van der Waals surface area contributed by atoms with Crippen LogP contribution in [-0.4, -0.2) is 33.4 Å². The summed E-state index contributed by atoms with van der Waals surface area (Å²) < 4.78 is -0.0361. The lowest BCUT2D eigenvalue weighted by Gasteiger charge is -2.32. The SMILES string of the molecule is C[N+]1(Cc2cccc3c2CCCC3)C(=O)c2[nH]cnc2N=C1N.Cl. The molecule has 2 aromatic rings. The van der Waals surface area contributed by atoms with Crippen LogP contribution in [0, 0.1) is 0 Å². The second kappa shape index (κ2) is 6.03. The number of aliphatic imine (C=N–C) groups is 1. The molecule has 2 aliphatic rings. The smallest absolute Gasteiger partial charge is 0.337 e. The van der Waals surface area contributed by atoms with Crippen molar-refractivity contribution in [3.63, 3.8) is 0 Å². The van der Waals surface area contributed by atoms with Gasteiger partial charge in [-0.15, -0.1) is 12.4 Å². The number of carbonyl (C=O) groups is 1. The quantitative estimate of drug-likeness (QED) is 0.819. The number of nitrogens with two attached hydrogens (primary N) is 1. The minimum Gasteiger partial charge on any atom is -0.337 e. The summed E-state index contributed by atoms with van der Waals surface area (Å²) in [6.07, 6.45) is 6.12. The maximum atomic E-state index is 12.9. The average Bonchev–Trinajstić information content (AvgIpc) is 3.02. The number of nitrogens with zero attached hydrogens (tertiary/aromatic N) is 3. The van der Waals surface area contributed by atoms with Crippen LogP contribution < -0.4 is 5.73 Å². The lowest BCUT2D eigenvalue weighted by molar-refractivity contribution is -0.751. The number of benzene rings is 1. The van der Waals surface area contributed by atoms with Gasteiger partial charge in [-0.25, -0.2) is 9.78 Å². The van der Waals surface area contributed by atoms with Gasteiger partial charge in [-0.1, -0.05) is 18.2 Å². The highest BCUT2D eigenvalue weighted by atomic mass is 35.5. The molecular weight excluding hydrogens is 326 g/mol. The van der Waals surface area contributed by atoms with Crippen LogP contribution in [-0.2, 0) is 19.4 Å². The number of aromatic amines is 1. The van der Waals surface area contributed by atoms with Crippen molar-refractivity contribution in [1.82, 2.24) is 9.97 Å². The number of guanidine groups is 1. The monoisotopic (exact) mass is 346 g/mol. The van der Waals surface area contributed by atoms with Gasteiger partial charge in [0.25, 0.3) is 0 Å². The zero-order chi connectivity index (χ0) is 16.0. The maximum absolute atomic E-state index is 12.9. The molecule has 4 rings (SSSR count). The average molecular weight is 347 g/mol. The van der Waals surface area contributed by atoms with Crippen LogP contribution in [0.1, 0.15) is 40.0 Å². The molecule has 126 valence electrons. The van der Waals surface area contributed by atoms with Gasteiger partial charge in [0.15, 0.2) is 11.5 Å². The minimum atomic E-state index is -0.0848. The van der Waals surface area contributed by atoms with E-state index in [1.807, 2.05) is 7.05 Å². The lowest BCUT2D eigenvalue weighted by Crippen LogP contribution is -2.58. The first-order chi connectivity index (χ1) is 11.1. The fraction of sp³-hybridized carbons (Fsp3) is 0.353. The van der Waals surface area contributed by atoms with Crippen LogP contribution in [0.25, 0.3) is 0 Å². The maximum Gasteiger partial charge on any atom is 0.373 e. The van der Waals surface area contributed by atoms with Gasteiger partial charge in [-0.05, 0) is 36.8 Å². The zero-order valence-corrected chi connectivity index (χ0v) is 14.4. The summed E-state index contributed by atoms with van der Waals surface area (Å²) in [5, 5.41) is 0. The van der Waals surface area contributed by atoms with E-state index in [0.717, 1.165) is 12.8 Å². The largest absolute Gasteiger partial charge is 0.373 e. The first-order valence-electron chi connectivity index (χ1n) is 7.98.